The molecule has 2 unspecified atom stereocenters. The van der Waals surface area contributed by atoms with Crippen LogP contribution in [0.5, 0.6) is 0 Å². The van der Waals surface area contributed by atoms with Gasteiger partial charge in [0.2, 0.25) is 0 Å². The first-order valence-corrected chi connectivity index (χ1v) is 5.90. The van der Waals surface area contributed by atoms with Crippen LogP contribution in [0.2, 0.25) is 5.02 Å². The molecule has 0 saturated carbocycles. The minimum absolute atomic E-state index is 0.0514. The monoisotopic (exact) mass is 256 g/mol. The molecule has 1 fully saturated rings. The summed E-state index contributed by atoms with van der Waals surface area (Å²) < 4.78 is 13.6. The highest BCUT2D eigenvalue weighted by atomic mass is 35.5. The molecule has 5 heteroatoms. The van der Waals surface area contributed by atoms with E-state index in [-0.39, 0.29) is 28.6 Å². The van der Waals surface area contributed by atoms with Crippen molar-refractivity contribution in [1.29, 1.82) is 0 Å². The Morgan fingerprint density at radius 3 is 2.82 bits per heavy atom. The maximum absolute atomic E-state index is 13.6. The zero-order valence-electron chi connectivity index (χ0n) is 9.49. The fourth-order valence-electron chi connectivity index (χ4n) is 2.10. The highest BCUT2D eigenvalue weighted by Crippen LogP contribution is 2.25. The van der Waals surface area contributed by atoms with Gasteiger partial charge in [-0.3, -0.25) is 4.79 Å². The molecule has 1 aliphatic heterocycles. The molecule has 3 nitrogen and oxygen atoms in total. The first-order chi connectivity index (χ1) is 8.02. The third kappa shape index (κ3) is 2.15. The van der Waals surface area contributed by atoms with Crippen LogP contribution in [0.15, 0.2) is 18.2 Å². The van der Waals surface area contributed by atoms with Crippen LogP contribution >= 0.6 is 11.6 Å². The number of likely N-dealkylation sites (tertiary alicyclic amines) is 1. The summed E-state index contributed by atoms with van der Waals surface area (Å²) in [4.78, 5) is 13.8. The standard InChI is InChI=1S/C12H14ClFN2O/c1-7-10(15)5-6-16(7)12(17)11-8(13)3-2-4-9(11)14/h2-4,7,10H,5-6,15H2,1H3. The highest BCUT2D eigenvalue weighted by molar-refractivity contribution is 6.33. The van der Waals surface area contributed by atoms with Gasteiger partial charge in [0.15, 0.2) is 0 Å². The molecule has 1 aromatic carbocycles. The molecule has 1 aromatic rings. The first kappa shape index (κ1) is 12.3. The van der Waals surface area contributed by atoms with Gasteiger partial charge in [-0.25, -0.2) is 4.39 Å². The summed E-state index contributed by atoms with van der Waals surface area (Å²) in [6, 6.07) is 4.09. The van der Waals surface area contributed by atoms with E-state index in [1.165, 1.54) is 18.2 Å². The number of benzene rings is 1. The van der Waals surface area contributed by atoms with E-state index >= 15 is 0 Å². The van der Waals surface area contributed by atoms with Gasteiger partial charge in [0.25, 0.3) is 5.91 Å². The lowest BCUT2D eigenvalue weighted by Gasteiger charge is -2.23. The summed E-state index contributed by atoms with van der Waals surface area (Å²) in [7, 11) is 0. The van der Waals surface area contributed by atoms with Crippen molar-refractivity contribution in [2.75, 3.05) is 6.54 Å². The molecule has 2 N–H and O–H groups in total. The van der Waals surface area contributed by atoms with Crippen molar-refractivity contribution >= 4 is 17.5 Å². The van der Waals surface area contributed by atoms with E-state index < -0.39 is 5.82 Å². The molecule has 2 rings (SSSR count). The Hall–Kier alpha value is -1.13. The van der Waals surface area contributed by atoms with Gasteiger partial charge in [-0.2, -0.15) is 0 Å². The minimum atomic E-state index is -0.588. The molecule has 1 saturated heterocycles. The number of hydrogen-bond acceptors (Lipinski definition) is 2. The molecule has 1 aliphatic rings. The number of rotatable bonds is 1. The average molecular weight is 257 g/mol. The average Bonchev–Trinajstić information content (AvgIpc) is 2.59. The maximum atomic E-state index is 13.6. The molecule has 0 aromatic heterocycles. The molecule has 0 radical (unpaired) electrons. The largest absolute Gasteiger partial charge is 0.334 e. The third-order valence-corrected chi connectivity index (χ3v) is 3.57. The van der Waals surface area contributed by atoms with Crippen molar-refractivity contribution in [1.82, 2.24) is 4.90 Å². The fraction of sp³-hybridized carbons (Fsp3) is 0.417. The van der Waals surface area contributed by atoms with Crippen LogP contribution in [0.25, 0.3) is 0 Å². The number of hydrogen-bond donors (Lipinski definition) is 1. The van der Waals surface area contributed by atoms with Crippen LogP contribution < -0.4 is 5.73 Å². The van der Waals surface area contributed by atoms with Gasteiger partial charge in [-0.15, -0.1) is 0 Å². The number of nitrogens with two attached hydrogens (primary N) is 1. The Bertz CT molecular complexity index is 432. The fourth-order valence-corrected chi connectivity index (χ4v) is 2.34. The third-order valence-electron chi connectivity index (χ3n) is 3.25. The van der Waals surface area contributed by atoms with E-state index in [9.17, 15) is 9.18 Å². The Balaban J connectivity index is 2.32. The lowest BCUT2D eigenvalue weighted by atomic mass is 10.1. The summed E-state index contributed by atoms with van der Waals surface area (Å²) >= 11 is 5.87. The molecule has 2 atom stereocenters. The maximum Gasteiger partial charge on any atom is 0.258 e. The second kappa shape index (κ2) is 4.63. The van der Waals surface area contributed by atoms with Crippen LogP contribution in [0.4, 0.5) is 4.39 Å². The van der Waals surface area contributed by atoms with Crippen LogP contribution in [-0.4, -0.2) is 29.4 Å². The van der Waals surface area contributed by atoms with Gasteiger partial charge >= 0.3 is 0 Å². The predicted molar refractivity (Wildman–Crippen MR) is 64.5 cm³/mol. The van der Waals surface area contributed by atoms with Crippen molar-refractivity contribution in [3.8, 4) is 0 Å². The van der Waals surface area contributed by atoms with E-state index in [1.54, 1.807) is 4.90 Å². The molecule has 1 amide bonds. The van der Waals surface area contributed by atoms with Crippen LogP contribution in [-0.2, 0) is 0 Å². The van der Waals surface area contributed by atoms with Crippen molar-refractivity contribution in [2.45, 2.75) is 25.4 Å². The van der Waals surface area contributed by atoms with Crippen LogP contribution in [0.3, 0.4) is 0 Å². The smallest absolute Gasteiger partial charge is 0.258 e. The van der Waals surface area contributed by atoms with E-state index in [0.29, 0.717) is 6.54 Å². The predicted octanol–water partition coefficient (Wildman–Crippen LogP) is 2.04. The molecule has 0 aliphatic carbocycles. The number of carbonyl (C=O) groups excluding carboxylic acids is 1. The molecular formula is C12H14ClFN2O. The number of carbonyl (C=O) groups is 1. The summed E-state index contributed by atoms with van der Waals surface area (Å²) in [5.74, 6) is -0.969. The number of halogens is 2. The second-order valence-corrected chi connectivity index (χ2v) is 4.70. The van der Waals surface area contributed by atoms with Crippen molar-refractivity contribution in [2.24, 2.45) is 5.73 Å². The summed E-state index contributed by atoms with van der Waals surface area (Å²) in [5.41, 5.74) is 5.78. The summed E-state index contributed by atoms with van der Waals surface area (Å²) in [6.45, 7) is 2.41. The second-order valence-electron chi connectivity index (χ2n) is 4.29. The quantitative estimate of drug-likeness (QED) is 0.836. The summed E-state index contributed by atoms with van der Waals surface area (Å²) in [5, 5.41) is 0.141. The molecule has 1 heterocycles. The Morgan fingerprint density at radius 2 is 2.29 bits per heavy atom. The van der Waals surface area contributed by atoms with Crippen molar-refractivity contribution in [3.05, 3.63) is 34.6 Å². The Labute approximate surface area is 104 Å². The summed E-state index contributed by atoms with van der Waals surface area (Å²) in [6.07, 6.45) is 0.735. The molecule has 92 valence electrons. The van der Waals surface area contributed by atoms with Crippen LogP contribution in [0.1, 0.15) is 23.7 Å². The van der Waals surface area contributed by atoms with E-state index in [4.69, 9.17) is 17.3 Å². The minimum Gasteiger partial charge on any atom is -0.334 e. The number of nitrogens with zero attached hydrogens (tertiary/aromatic N) is 1. The number of amides is 1. The molecule has 0 spiro atoms. The van der Waals surface area contributed by atoms with Crippen molar-refractivity contribution in [3.63, 3.8) is 0 Å². The van der Waals surface area contributed by atoms with E-state index in [0.717, 1.165) is 6.42 Å². The molecular weight excluding hydrogens is 243 g/mol. The van der Waals surface area contributed by atoms with E-state index in [2.05, 4.69) is 0 Å². The Kier molecular flexibility index (Phi) is 3.35. The highest BCUT2D eigenvalue weighted by Gasteiger charge is 2.33. The zero-order valence-corrected chi connectivity index (χ0v) is 10.2. The van der Waals surface area contributed by atoms with Crippen LogP contribution in [0, 0.1) is 5.82 Å². The topological polar surface area (TPSA) is 46.3 Å². The molecule has 17 heavy (non-hydrogen) atoms. The Morgan fingerprint density at radius 1 is 1.59 bits per heavy atom. The SMILES string of the molecule is CC1C(N)CCN1C(=O)c1c(F)cccc1Cl. The first-order valence-electron chi connectivity index (χ1n) is 5.53. The van der Waals surface area contributed by atoms with Gasteiger partial charge < -0.3 is 10.6 Å². The normalized spacial score (nSPS) is 24.1. The van der Waals surface area contributed by atoms with Gasteiger partial charge in [-0.05, 0) is 25.5 Å². The van der Waals surface area contributed by atoms with Gasteiger partial charge in [0.1, 0.15) is 5.82 Å². The molecule has 0 bridgehead atoms. The van der Waals surface area contributed by atoms with Crippen molar-refractivity contribution < 1.29 is 9.18 Å². The zero-order chi connectivity index (χ0) is 12.6. The van der Waals surface area contributed by atoms with Gasteiger partial charge in [0.05, 0.1) is 10.6 Å². The van der Waals surface area contributed by atoms with Gasteiger partial charge in [0, 0.05) is 18.6 Å². The van der Waals surface area contributed by atoms with E-state index in [1.807, 2.05) is 6.92 Å². The lowest BCUT2D eigenvalue weighted by molar-refractivity contribution is 0.0738. The lowest BCUT2D eigenvalue weighted by Crippen LogP contribution is -2.40. The van der Waals surface area contributed by atoms with Gasteiger partial charge in [-0.1, -0.05) is 17.7 Å².